The molecule has 1 saturated carbocycles. The average Bonchev–Trinajstić information content (AvgIpc) is 3.19. The van der Waals surface area contributed by atoms with Crippen LogP contribution in [0.1, 0.15) is 69.2 Å². The lowest BCUT2D eigenvalue weighted by Crippen LogP contribution is -2.52. The maximum atomic E-state index is 6.84. The van der Waals surface area contributed by atoms with Gasteiger partial charge >= 0.3 is 0 Å². The van der Waals surface area contributed by atoms with Crippen LogP contribution < -0.4 is 14.5 Å². The zero-order valence-corrected chi connectivity index (χ0v) is 22.3. The normalized spacial score (nSPS) is 17.7. The third-order valence-corrected chi connectivity index (χ3v) is 8.88. The van der Waals surface area contributed by atoms with Crippen molar-refractivity contribution in [2.75, 3.05) is 36.0 Å². The molecule has 0 aromatic heterocycles. The van der Waals surface area contributed by atoms with Gasteiger partial charge in [-0.3, -0.25) is 4.90 Å². The molecule has 0 radical (unpaired) electrons. The second-order valence-corrected chi connectivity index (χ2v) is 10.4. The maximum Gasteiger partial charge on any atom is 0.135 e. The van der Waals surface area contributed by atoms with E-state index in [4.69, 9.17) is 4.74 Å². The predicted octanol–water partition coefficient (Wildman–Crippen LogP) is 7.14. The second kappa shape index (κ2) is 9.15. The molecule has 0 bridgehead atoms. The van der Waals surface area contributed by atoms with Gasteiger partial charge in [-0.15, -0.1) is 0 Å². The smallest absolute Gasteiger partial charge is 0.135 e. The third kappa shape index (κ3) is 3.30. The minimum absolute atomic E-state index is 0.311. The Bertz CT molecular complexity index is 1190. The van der Waals surface area contributed by atoms with E-state index >= 15 is 0 Å². The number of nitrogens with zero attached hydrogens (tertiary/aromatic N) is 3. The monoisotopic (exact) mass is 481 g/mol. The first kappa shape index (κ1) is 23.4. The van der Waals surface area contributed by atoms with Crippen molar-refractivity contribution in [3.05, 3.63) is 82.9 Å². The topological polar surface area (TPSA) is 19.0 Å². The van der Waals surface area contributed by atoms with Gasteiger partial charge in [0.15, 0.2) is 0 Å². The number of hydrogen-bond donors (Lipinski definition) is 0. The fraction of sp³-hybridized carbons (Fsp3) is 0.438. The van der Waals surface area contributed by atoms with Crippen LogP contribution in [0.2, 0.25) is 0 Å². The van der Waals surface area contributed by atoms with E-state index in [9.17, 15) is 0 Å². The van der Waals surface area contributed by atoms with Gasteiger partial charge in [-0.25, -0.2) is 0 Å². The van der Waals surface area contributed by atoms with Crippen LogP contribution in [0, 0.1) is 0 Å². The molecule has 0 atom stereocenters. The zero-order chi connectivity index (χ0) is 24.9. The number of benzene rings is 3. The summed E-state index contributed by atoms with van der Waals surface area (Å²) in [6.07, 6.45) is 3.87. The molecule has 4 heteroatoms. The molecule has 6 rings (SSSR count). The maximum absolute atomic E-state index is 6.84. The van der Waals surface area contributed by atoms with E-state index in [1.807, 2.05) is 0 Å². The molecule has 0 N–H and O–H groups in total. The molecule has 1 aliphatic carbocycles. The van der Waals surface area contributed by atoms with Crippen molar-refractivity contribution in [1.82, 2.24) is 4.90 Å². The fourth-order valence-corrected chi connectivity index (χ4v) is 6.79. The molecule has 1 spiro atoms. The van der Waals surface area contributed by atoms with Crippen LogP contribution in [0.15, 0.2) is 60.7 Å². The summed E-state index contributed by atoms with van der Waals surface area (Å²) in [5.74, 6) is 2.01. The zero-order valence-electron chi connectivity index (χ0n) is 22.3. The van der Waals surface area contributed by atoms with Crippen molar-refractivity contribution in [1.29, 1.82) is 0 Å². The molecule has 3 aliphatic rings. The molecule has 0 saturated heterocycles. The van der Waals surface area contributed by atoms with Crippen molar-refractivity contribution in [3.8, 4) is 11.5 Å². The minimum atomic E-state index is -0.311. The minimum Gasteiger partial charge on any atom is -0.456 e. The highest BCUT2D eigenvalue weighted by Crippen LogP contribution is 2.60. The van der Waals surface area contributed by atoms with Gasteiger partial charge in [-0.05, 0) is 63.8 Å². The van der Waals surface area contributed by atoms with Crippen LogP contribution in [0.5, 0.6) is 11.5 Å². The SMILES string of the molecule is CCN(CC)c1ccc2c(c1)Oc1cc(N(CC)CC)ccc1C21c2ccccc2CN1C1CCC1. The molecule has 188 valence electrons. The van der Waals surface area contributed by atoms with E-state index < -0.39 is 0 Å². The first-order valence-electron chi connectivity index (χ1n) is 14.0. The van der Waals surface area contributed by atoms with Crippen LogP contribution in [-0.2, 0) is 12.1 Å². The lowest BCUT2D eigenvalue weighted by Gasteiger charge is -2.50. The van der Waals surface area contributed by atoms with Crippen LogP contribution in [-0.4, -0.2) is 37.1 Å². The first-order valence-corrected chi connectivity index (χ1v) is 14.0. The Kier molecular flexibility index (Phi) is 5.95. The van der Waals surface area contributed by atoms with Gasteiger partial charge in [0, 0.05) is 73.4 Å². The summed E-state index contributed by atoms with van der Waals surface area (Å²) < 4.78 is 6.84. The lowest BCUT2D eigenvalue weighted by atomic mass is 9.73. The molecule has 2 heterocycles. The molecule has 4 nitrogen and oxygen atoms in total. The second-order valence-electron chi connectivity index (χ2n) is 10.4. The fourth-order valence-electron chi connectivity index (χ4n) is 6.79. The Labute approximate surface area is 216 Å². The van der Waals surface area contributed by atoms with E-state index in [2.05, 4.69) is 103 Å². The molecular formula is C32H39N3O. The largest absolute Gasteiger partial charge is 0.456 e. The van der Waals surface area contributed by atoms with Crippen LogP contribution >= 0.6 is 0 Å². The van der Waals surface area contributed by atoms with Gasteiger partial charge in [-0.2, -0.15) is 0 Å². The molecule has 2 aliphatic heterocycles. The van der Waals surface area contributed by atoms with Gasteiger partial charge < -0.3 is 14.5 Å². The molecule has 0 amide bonds. The van der Waals surface area contributed by atoms with E-state index in [0.29, 0.717) is 6.04 Å². The Morgan fingerprint density at radius 2 is 1.31 bits per heavy atom. The van der Waals surface area contributed by atoms with E-state index in [0.717, 1.165) is 44.2 Å². The number of ether oxygens (including phenoxy) is 1. The van der Waals surface area contributed by atoms with E-state index in [-0.39, 0.29) is 5.54 Å². The molecule has 3 aromatic carbocycles. The summed E-state index contributed by atoms with van der Waals surface area (Å²) in [6, 6.07) is 23.6. The number of fused-ring (bicyclic) bond motifs is 6. The van der Waals surface area contributed by atoms with Gasteiger partial charge in [-0.1, -0.05) is 42.8 Å². The van der Waals surface area contributed by atoms with Crippen molar-refractivity contribution >= 4 is 11.4 Å². The summed E-state index contributed by atoms with van der Waals surface area (Å²) in [4.78, 5) is 7.62. The van der Waals surface area contributed by atoms with E-state index in [1.165, 1.54) is 52.9 Å². The van der Waals surface area contributed by atoms with Crippen molar-refractivity contribution in [2.45, 2.75) is 65.1 Å². The predicted molar refractivity (Wildman–Crippen MR) is 150 cm³/mol. The Morgan fingerprint density at radius 1 is 0.750 bits per heavy atom. The highest BCUT2D eigenvalue weighted by molar-refractivity contribution is 5.70. The Morgan fingerprint density at radius 3 is 1.81 bits per heavy atom. The molecular weight excluding hydrogens is 442 g/mol. The lowest BCUT2D eigenvalue weighted by molar-refractivity contribution is 0.0563. The van der Waals surface area contributed by atoms with Crippen molar-refractivity contribution in [3.63, 3.8) is 0 Å². The number of rotatable bonds is 7. The standard InChI is InChI=1S/C32H39N3O/c1-5-33(6-2)25-16-18-28-30(20-25)36-31-21-26(34(7-3)8-4)17-19-29(31)32(28)27-15-10-9-12-23(27)22-35(32)24-13-11-14-24/h9-10,12,15-21,24H,5-8,11,13-14,22H2,1-4H3. The summed E-state index contributed by atoms with van der Waals surface area (Å²) in [6.45, 7) is 13.8. The summed E-state index contributed by atoms with van der Waals surface area (Å²) in [7, 11) is 0. The molecule has 36 heavy (non-hydrogen) atoms. The highest BCUT2D eigenvalue weighted by Gasteiger charge is 2.55. The molecule has 1 fully saturated rings. The van der Waals surface area contributed by atoms with E-state index in [1.54, 1.807) is 0 Å². The quantitative estimate of drug-likeness (QED) is 0.357. The molecule has 3 aromatic rings. The Balaban J connectivity index is 1.62. The van der Waals surface area contributed by atoms with Crippen molar-refractivity contribution < 1.29 is 4.74 Å². The van der Waals surface area contributed by atoms with Gasteiger partial charge in [0.1, 0.15) is 17.0 Å². The Hall–Kier alpha value is -2.98. The average molecular weight is 482 g/mol. The first-order chi connectivity index (χ1) is 17.6. The summed E-state index contributed by atoms with van der Waals surface area (Å²) >= 11 is 0. The number of anilines is 2. The van der Waals surface area contributed by atoms with Crippen LogP contribution in [0.3, 0.4) is 0 Å². The van der Waals surface area contributed by atoms with Crippen LogP contribution in [0.25, 0.3) is 0 Å². The van der Waals surface area contributed by atoms with Crippen molar-refractivity contribution in [2.24, 2.45) is 0 Å². The van der Waals surface area contributed by atoms with Gasteiger partial charge in [0.25, 0.3) is 0 Å². The van der Waals surface area contributed by atoms with Gasteiger partial charge in [0.05, 0.1) is 0 Å². The van der Waals surface area contributed by atoms with Gasteiger partial charge in [0.2, 0.25) is 0 Å². The molecule has 0 unspecified atom stereocenters. The summed E-state index contributed by atoms with van der Waals surface area (Å²) in [5, 5.41) is 0. The highest BCUT2D eigenvalue weighted by atomic mass is 16.5. The number of hydrogen-bond acceptors (Lipinski definition) is 4. The third-order valence-electron chi connectivity index (χ3n) is 8.88. The summed E-state index contributed by atoms with van der Waals surface area (Å²) in [5.41, 5.74) is 7.61. The van der Waals surface area contributed by atoms with Crippen LogP contribution in [0.4, 0.5) is 11.4 Å².